The number of amidine groups is 1. The summed E-state index contributed by atoms with van der Waals surface area (Å²) >= 11 is 0. The number of carboxylic acid groups (broad SMARTS) is 1. The Bertz CT molecular complexity index is 527. The quantitative estimate of drug-likeness (QED) is 0.781. The van der Waals surface area contributed by atoms with E-state index >= 15 is 0 Å². The van der Waals surface area contributed by atoms with Crippen molar-refractivity contribution in [1.29, 1.82) is 0 Å². The van der Waals surface area contributed by atoms with E-state index in [1.54, 1.807) is 12.1 Å². The number of aliphatic imine (C=N–C) groups is 1. The molecule has 0 unspecified atom stereocenters. The van der Waals surface area contributed by atoms with Gasteiger partial charge in [0.15, 0.2) is 0 Å². The molecule has 1 aromatic rings. The molecule has 0 saturated heterocycles. The molecule has 2 aliphatic rings. The first-order valence-corrected chi connectivity index (χ1v) is 8.68. The second-order valence-corrected chi connectivity index (χ2v) is 6.22. The fourth-order valence-electron chi connectivity index (χ4n) is 2.86. The Morgan fingerprint density at radius 2 is 1.75 bits per heavy atom. The predicted octanol–water partition coefficient (Wildman–Crippen LogP) is 3.76. The van der Waals surface area contributed by atoms with Crippen LogP contribution in [0.4, 0.5) is 10.5 Å². The number of carbonyl (C=O) groups is 1. The first-order chi connectivity index (χ1) is 11.6. The van der Waals surface area contributed by atoms with Crippen molar-refractivity contribution in [2.75, 3.05) is 11.9 Å². The summed E-state index contributed by atoms with van der Waals surface area (Å²) < 4.78 is 5.07. The Morgan fingerprint density at radius 1 is 1.17 bits per heavy atom. The highest BCUT2D eigenvalue weighted by Gasteiger charge is 2.16. The van der Waals surface area contributed by atoms with Crippen LogP contribution in [0.15, 0.2) is 29.3 Å². The summed E-state index contributed by atoms with van der Waals surface area (Å²) in [6, 6.07) is 7.67. The van der Waals surface area contributed by atoms with Gasteiger partial charge in [0.1, 0.15) is 6.61 Å². The van der Waals surface area contributed by atoms with E-state index in [1.165, 1.54) is 38.5 Å². The number of hydrogen-bond acceptors (Lipinski definition) is 4. The highest BCUT2D eigenvalue weighted by Crippen LogP contribution is 2.15. The number of rotatable bonds is 4. The Labute approximate surface area is 143 Å². The van der Waals surface area contributed by atoms with Crippen molar-refractivity contribution in [3.05, 3.63) is 29.8 Å². The number of nitrogens with one attached hydrogen (secondary N) is 1. The Morgan fingerprint density at radius 3 is 2.21 bits per heavy atom. The van der Waals surface area contributed by atoms with E-state index in [1.807, 2.05) is 12.1 Å². The van der Waals surface area contributed by atoms with E-state index in [4.69, 9.17) is 15.6 Å². The van der Waals surface area contributed by atoms with Crippen molar-refractivity contribution >= 4 is 17.8 Å². The molecule has 1 amide bonds. The molecule has 0 spiro atoms. The SMILES string of the molecule is C1CCCCC1.NC1=N[C@@H](CCc2ccc(NC(=O)O)cc2)CO1. The second kappa shape index (κ2) is 9.80. The van der Waals surface area contributed by atoms with Crippen LogP contribution in [0.2, 0.25) is 0 Å². The van der Waals surface area contributed by atoms with Gasteiger partial charge >= 0.3 is 6.09 Å². The van der Waals surface area contributed by atoms with Gasteiger partial charge in [0.2, 0.25) is 0 Å². The van der Waals surface area contributed by atoms with E-state index in [0.29, 0.717) is 12.3 Å². The Hall–Kier alpha value is -2.24. The lowest BCUT2D eigenvalue weighted by Gasteiger charge is -2.06. The van der Waals surface area contributed by atoms with Crippen LogP contribution < -0.4 is 11.1 Å². The van der Waals surface area contributed by atoms with E-state index in [-0.39, 0.29) is 12.1 Å². The molecule has 1 aromatic carbocycles. The minimum atomic E-state index is -1.06. The molecule has 0 aromatic heterocycles. The first kappa shape index (κ1) is 18.1. The molecule has 1 saturated carbocycles. The van der Waals surface area contributed by atoms with Crippen LogP contribution in [0.1, 0.15) is 50.5 Å². The molecule has 6 heteroatoms. The minimum Gasteiger partial charge on any atom is -0.465 e. The molecule has 0 radical (unpaired) electrons. The average molecular weight is 333 g/mol. The Kier molecular flexibility index (Phi) is 7.39. The van der Waals surface area contributed by atoms with Crippen molar-refractivity contribution in [1.82, 2.24) is 0 Å². The van der Waals surface area contributed by atoms with Crippen LogP contribution in [-0.2, 0) is 11.2 Å². The smallest absolute Gasteiger partial charge is 0.409 e. The van der Waals surface area contributed by atoms with Crippen LogP contribution in [-0.4, -0.2) is 29.9 Å². The monoisotopic (exact) mass is 333 g/mol. The summed E-state index contributed by atoms with van der Waals surface area (Å²) in [5.41, 5.74) is 7.12. The van der Waals surface area contributed by atoms with E-state index in [0.717, 1.165) is 18.4 Å². The summed E-state index contributed by atoms with van der Waals surface area (Å²) in [7, 11) is 0. The number of nitrogens with zero attached hydrogens (tertiary/aromatic N) is 1. The fraction of sp³-hybridized carbons (Fsp3) is 0.556. The zero-order chi connectivity index (χ0) is 17.2. The van der Waals surface area contributed by atoms with Crippen molar-refractivity contribution < 1.29 is 14.6 Å². The van der Waals surface area contributed by atoms with Gasteiger partial charge in [-0.2, -0.15) is 0 Å². The summed E-state index contributed by atoms with van der Waals surface area (Å²) in [4.78, 5) is 14.6. The predicted molar refractivity (Wildman–Crippen MR) is 95.5 cm³/mol. The molecule has 4 N–H and O–H groups in total. The molecule has 1 fully saturated rings. The molecule has 6 nitrogen and oxygen atoms in total. The molecule has 132 valence electrons. The topological polar surface area (TPSA) is 96.9 Å². The van der Waals surface area contributed by atoms with Crippen LogP contribution in [0.5, 0.6) is 0 Å². The lowest BCUT2D eigenvalue weighted by molar-refractivity contribution is 0.209. The zero-order valence-electron chi connectivity index (χ0n) is 14.0. The second-order valence-electron chi connectivity index (χ2n) is 6.22. The van der Waals surface area contributed by atoms with Gasteiger partial charge in [0.05, 0.1) is 6.04 Å². The average Bonchev–Trinajstić information content (AvgIpc) is 3.01. The lowest BCUT2D eigenvalue weighted by atomic mass is 10.0. The van der Waals surface area contributed by atoms with Crippen LogP contribution >= 0.6 is 0 Å². The first-order valence-electron chi connectivity index (χ1n) is 8.68. The van der Waals surface area contributed by atoms with Gasteiger partial charge in [0, 0.05) is 5.69 Å². The molecule has 3 rings (SSSR count). The zero-order valence-corrected chi connectivity index (χ0v) is 14.0. The molecule has 1 aliphatic carbocycles. The maximum absolute atomic E-state index is 10.4. The maximum atomic E-state index is 10.4. The number of nitrogens with two attached hydrogens (primary N) is 1. The number of hydrogen-bond donors (Lipinski definition) is 3. The van der Waals surface area contributed by atoms with Gasteiger partial charge in [-0.05, 0) is 30.5 Å². The summed E-state index contributed by atoms with van der Waals surface area (Å²) in [6.07, 6.45) is 9.67. The van der Waals surface area contributed by atoms with Crippen molar-refractivity contribution in [3.8, 4) is 0 Å². The third-order valence-corrected chi connectivity index (χ3v) is 4.20. The van der Waals surface area contributed by atoms with Crippen molar-refractivity contribution in [3.63, 3.8) is 0 Å². The van der Waals surface area contributed by atoms with Gasteiger partial charge in [-0.3, -0.25) is 5.32 Å². The molecule has 24 heavy (non-hydrogen) atoms. The number of anilines is 1. The fourth-order valence-corrected chi connectivity index (χ4v) is 2.86. The summed E-state index contributed by atoms with van der Waals surface area (Å²) in [5, 5.41) is 10.8. The third-order valence-electron chi connectivity index (χ3n) is 4.20. The molecule has 1 aliphatic heterocycles. The van der Waals surface area contributed by atoms with Gasteiger partial charge < -0.3 is 15.6 Å². The van der Waals surface area contributed by atoms with Crippen molar-refractivity contribution in [2.45, 2.75) is 57.4 Å². The summed E-state index contributed by atoms with van der Waals surface area (Å²) in [5.74, 6) is 0. The van der Waals surface area contributed by atoms with E-state index in [9.17, 15) is 4.79 Å². The molecule has 1 heterocycles. The normalized spacial score (nSPS) is 19.5. The summed E-state index contributed by atoms with van der Waals surface area (Å²) in [6.45, 7) is 0.546. The molecule has 1 atom stereocenters. The number of benzene rings is 1. The molecular formula is C18H27N3O3. The van der Waals surface area contributed by atoms with Crippen LogP contribution in [0.25, 0.3) is 0 Å². The van der Waals surface area contributed by atoms with E-state index in [2.05, 4.69) is 10.3 Å². The van der Waals surface area contributed by atoms with Crippen LogP contribution in [0, 0.1) is 0 Å². The molecular weight excluding hydrogens is 306 g/mol. The lowest BCUT2D eigenvalue weighted by Crippen LogP contribution is -2.10. The highest BCUT2D eigenvalue weighted by molar-refractivity contribution is 5.82. The van der Waals surface area contributed by atoms with Crippen LogP contribution in [0.3, 0.4) is 0 Å². The van der Waals surface area contributed by atoms with Crippen molar-refractivity contribution in [2.24, 2.45) is 10.7 Å². The number of aryl methyl sites for hydroxylation is 1. The van der Waals surface area contributed by atoms with Gasteiger partial charge in [-0.25, -0.2) is 9.79 Å². The Balaban J connectivity index is 0.000000292. The van der Waals surface area contributed by atoms with Gasteiger partial charge in [-0.15, -0.1) is 0 Å². The number of amides is 1. The largest absolute Gasteiger partial charge is 0.465 e. The van der Waals surface area contributed by atoms with E-state index < -0.39 is 6.09 Å². The minimum absolute atomic E-state index is 0.127. The third kappa shape index (κ3) is 6.89. The standard InChI is InChI=1S/C12H15N3O3.C6H12/c13-11-14-10(7-18-11)6-3-8-1-4-9(5-2-8)15-12(16)17;1-2-4-6-5-3-1/h1-2,4-5,10,15H,3,6-7H2,(H2,13,14)(H,16,17);1-6H2/t10-;/m0./s1. The molecule has 0 bridgehead atoms. The number of ether oxygens (including phenoxy) is 1. The maximum Gasteiger partial charge on any atom is 0.409 e. The highest BCUT2D eigenvalue weighted by atomic mass is 16.5. The van der Waals surface area contributed by atoms with Gasteiger partial charge in [-0.1, -0.05) is 50.7 Å². The van der Waals surface area contributed by atoms with Gasteiger partial charge in [0.25, 0.3) is 6.02 Å².